The Morgan fingerprint density at radius 3 is 2.54 bits per heavy atom. The van der Waals surface area contributed by atoms with Crippen molar-refractivity contribution in [3.63, 3.8) is 0 Å². The van der Waals surface area contributed by atoms with E-state index < -0.39 is 0 Å². The van der Waals surface area contributed by atoms with Crippen molar-refractivity contribution in [1.82, 2.24) is 9.38 Å². The molecule has 1 aliphatic rings. The number of hydrogen-bond donors (Lipinski definition) is 1. The van der Waals surface area contributed by atoms with Crippen molar-refractivity contribution >= 4 is 22.9 Å². The van der Waals surface area contributed by atoms with Crippen molar-refractivity contribution in [3.05, 3.63) is 60.0 Å². The van der Waals surface area contributed by atoms with Gasteiger partial charge in [-0.05, 0) is 56.2 Å². The average Bonchev–Trinajstić information content (AvgIpc) is 3.23. The highest BCUT2D eigenvalue weighted by Gasteiger charge is 2.12. The number of aryl methyl sites for hydroxylation is 1. The monoisotopic (exact) mass is 320 g/mol. The predicted molar refractivity (Wildman–Crippen MR) is 95.8 cm³/mol. The van der Waals surface area contributed by atoms with Crippen LogP contribution in [0.3, 0.4) is 0 Å². The van der Waals surface area contributed by atoms with Crippen LogP contribution in [0.2, 0.25) is 0 Å². The molecule has 0 bridgehead atoms. The van der Waals surface area contributed by atoms with Crippen LogP contribution in [0.1, 0.15) is 28.9 Å². The number of anilines is 2. The molecule has 0 unspecified atom stereocenters. The molecular weight excluding hydrogens is 300 g/mol. The summed E-state index contributed by atoms with van der Waals surface area (Å²) in [6.07, 6.45) is 6.24. The first-order chi connectivity index (χ1) is 11.7. The van der Waals surface area contributed by atoms with E-state index in [4.69, 9.17) is 0 Å². The molecule has 3 aromatic rings. The van der Waals surface area contributed by atoms with Gasteiger partial charge in [-0.1, -0.05) is 0 Å². The van der Waals surface area contributed by atoms with Crippen molar-refractivity contribution < 1.29 is 4.79 Å². The molecule has 0 aliphatic carbocycles. The van der Waals surface area contributed by atoms with E-state index in [-0.39, 0.29) is 5.91 Å². The fourth-order valence-corrected chi connectivity index (χ4v) is 3.19. The molecule has 0 atom stereocenters. The molecule has 1 aromatic carbocycles. The van der Waals surface area contributed by atoms with Gasteiger partial charge in [-0.15, -0.1) is 0 Å². The molecule has 5 heteroatoms. The zero-order chi connectivity index (χ0) is 16.5. The summed E-state index contributed by atoms with van der Waals surface area (Å²) in [5, 5.41) is 2.96. The van der Waals surface area contributed by atoms with Crippen LogP contribution in [0.15, 0.2) is 48.8 Å². The molecule has 1 fully saturated rings. The number of rotatable bonds is 3. The number of nitrogens with one attached hydrogen (secondary N) is 1. The van der Waals surface area contributed by atoms with Crippen molar-refractivity contribution in [2.75, 3.05) is 23.3 Å². The lowest BCUT2D eigenvalue weighted by Crippen LogP contribution is -2.17. The van der Waals surface area contributed by atoms with Crippen molar-refractivity contribution in [3.8, 4) is 0 Å². The van der Waals surface area contributed by atoms with Crippen LogP contribution >= 0.6 is 0 Å². The molecule has 5 nitrogen and oxygen atoms in total. The molecule has 0 saturated carbocycles. The van der Waals surface area contributed by atoms with Gasteiger partial charge in [-0.25, -0.2) is 4.98 Å². The summed E-state index contributed by atoms with van der Waals surface area (Å²) in [5.41, 5.74) is 4.43. The number of amides is 1. The maximum Gasteiger partial charge on any atom is 0.257 e. The third-order valence-electron chi connectivity index (χ3n) is 4.43. The molecule has 3 heterocycles. The van der Waals surface area contributed by atoms with Crippen LogP contribution in [0, 0.1) is 6.92 Å². The Bertz CT molecular complexity index is 876. The standard InChI is InChI=1S/C19H20N4O/c1-14-12-23-13-15(4-9-18(23)20-14)19(24)21-16-5-7-17(8-6-16)22-10-2-3-11-22/h4-9,12-13H,2-3,10-11H2,1H3,(H,21,24). The van der Waals surface area contributed by atoms with Gasteiger partial charge in [0.05, 0.1) is 11.3 Å². The van der Waals surface area contributed by atoms with Gasteiger partial charge in [-0.3, -0.25) is 4.79 Å². The summed E-state index contributed by atoms with van der Waals surface area (Å²) in [4.78, 5) is 19.2. The van der Waals surface area contributed by atoms with Gasteiger partial charge < -0.3 is 14.6 Å². The van der Waals surface area contributed by atoms with Crippen LogP contribution in [-0.4, -0.2) is 28.4 Å². The Kier molecular flexibility index (Phi) is 3.69. The molecule has 122 valence electrons. The summed E-state index contributed by atoms with van der Waals surface area (Å²) >= 11 is 0. The van der Waals surface area contributed by atoms with Crippen LogP contribution in [0.5, 0.6) is 0 Å². The zero-order valence-corrected chi connectivity index (χ0v) is 13.7. The Hall–Kier alpha value is -2.82. The van der Waals surface area contributed by atoms with E-state index >= 15 is 0 Å². The van der Waals surface area contributed by atoms with E-state index in [9.17, 15) is 4.79 Å². The lowest BCUT2D eigenvalue weighted by molar-refractivity contribution is 0.102. The topological polar surface area (TPSA) is 49.6 Å². The van der Waals surface area contributed by atoms with Crippen molar-refractivity contribution in [1.29, 1.82) is 0 Å². The molecule has 2 aromatic heterocycles. The first-order valence-corrected chi connectivity index (χ1v) is 8.31. The lowest BCUT2D eigenvalue weighted by atomic mass is 10.2. The highest BCUT2D eigenvalue weighted by Crippen LogP contribution is 2.22. The molecule has 1 N–H and O–H groups in total. The van der Waals surface area contributed by atoms with E-state index in [2.05, 4.69) is 27.3 Å². The van der Waals surface area contributed by atoms with Gasteiger partial charge >= 0.3 is 0 Å². The summed E-state index contributed by atoms with van der Waals surface area (Å²) in [6, 6.07) is 11.7. The summed E-state index contributed by atoms with van der Waals surface area (Å²) in [5.74, 6) is -0.114. The third-order valence-corrected chi connectivity index (χ3v) is 4.43. The molecule has 1 aliphatic heterocycles. The van der Waals surface area contributed by atoms with Crippen LogP contribution in [0.25, 0.3) is 5.65 Å². The number of hydrogen-bond acceptors (Lipinski definition) is 3. The summed E-state index contributed by atoms with van der Waals surface area (Å²) < 4.78 is 1.88. The minimum absolute atomic E-state index is 0.114. The quantitative estimate of drug-likeness (QED) is 0.803. The number of carbonyl (C=O) groups is 1. The van der Waals surface area contributed by atoms with Gasteiger partial charge in [0, 0.05) is 36.9 Å². The maximum absolute atomic E-state index is 12.5. The van der Waals surface area contributed by atoms with Gasteiger partial charge in [0.2, 0.25) is 0 Å². The second-order valence-electron chi connectivity index (χ2n) is 6.26. The minimum atomic E-state index is -0.114. The number of nitrogens with zero attached hydrogens (tertiary/aromatic N) is 3. The van der Waals surface area contributed by atoms with Crippen molar-refractivity contribution in [2.45, 2.75) is 19.8 Å². The number of imidazole rings is 1. The number of fused-ring (bicyclic) bond motifs is 1. The van der Waals surface area contributed by atoms with Crippen molar-refractivity contribution in [2.24, 2.45) is 0 Å². The molecular formula is C19H20N4O. The molecule has 0 radical (unpaired) electrons. The maximum atomic E-state index is 12.5. The molecule has 0 spiro atoms. The van der Waals surface area contributed by atoms with E-state index in [0.29, 0.717) is 5.56 Å². The number of aromatic nitrogens is 2. The second-order valence-corrected chi connectivity index (χ2v) is 6.26. The van der Waals surface area contributed by atoms with Gasteiger partial charge in [0.15, 0.2) is 0 Å². The highest BCUT2D eigenvalue weighted by atomic mass is 16.1. The van der Waals surface area contributed by atoms with Gasteiger partial charge in [0.1, 0.15) is 5.65 Å². The van der Waals surface area contributed by atoms with Crippen LogP contribution < -0.4 is 10.2 Å². The normalized spacial score (nSPS) is 14.3. The average molecular weight is 320 g/mol. The number of benzene rings is 1. The Balaban J connectivity index is 1.49. The van der Waals surface area contributed by atoms with E-state index in [1.807, 2.05) is 41.9 Å². The Morgan fingerprint density at radius 1 is 1.04 bits per heavy atom. The minimum Gasteiger partial charge on any atom is -0.372 e. The number of pyridine rings is 1. The van der Waals surface area contributed by atoms with E-state index in [1.54, 1.807) is 6.07 Å². The molecule has 1 amide bonds. The molecule has 24 heavy (non-hydrogen) atoms. The highest BCUT2D eigenvalue weighted by molar-refractivity contribution is 6.04. The molecule has 4 rings (SSSR count). The third kappa shape index (κ3) is 2.85. The van der Waals surface area contributed by atoms with Gasteiger partial charge in [-0.2, -0.15) is 0 Å². The van der Waals surface area contributed by atoms with Crippen LogP contribution in [-0.2, 0) is 0 Å². The number of carbonyl (C=O) groups excluding carboxylic acids is 1. The van der Waals surface area contributed by atoms with Crippen LogP contribution in [0.4, 0.5) is 11.4 Å². The predicted octanol–water partition coefficient (Wildman–Crippen LogP) is 3.50. The summed E-state index contributed by atoms with van der Waals surface area (Å²) in [6.45, 7) is 4.18. The first-order valence-electron chi connectivity index (χ1n) is 8.31. The van der Waals surface area contributed by atoms with E-state index in [1.165, 1.54) is 18.5 Å². The summed E-state index contributed by atoms with van der Waals surface area (Å²) in [7, 11) is 0. The fraction of sp³-hybridized carbons (Fsp3) is 0.263. The first kappa shape index (κ1) is 14.8. The Morgan fingerprint density at radius 2 is 1.79 bits per heavy atom. The fourth-order valence-electron chi connectivity index (χ4n) is 3.19. The SMILES string of the molecule is Cc1cn2cc(C(=O)Nc3ccc(N4CCCC4)cc3)ccc2n1. The molecule has 1 saturated heterocycles. The Labute approximate surface area is 140 Å². The smallest absolute Gasteiger partial charge is 0.257 e. The largest absolute Gasteiger partial charge is 0.372 e. The van der Waals surface area contributed by atoms with Gasteiger partial charge in [0.25, 0.3) is 5.91 Å². The van der Waals surface area contributed by atoms with E-state index in [0.717, 1.165) is 30.1 Å². The lowest BCUT2D eigenvalue weighted by Gasteiger charge is -2.17. The zero-order valence-electron chi connectivity index (χ0n) is 13.7. The second kappa shape index (κ2) is 6.00.